The molecule has 1 amide bonds. The van der Waals surface area contributed by atoms with Gasteiger partial charge in [-0.25, -0.2) is 4.39 Å². The van der Waals surface area contributed by atoms with Crippen LogP contribution in [0.3, 0.4) is 0 Å². The van der Waals surface area contributed by atoms with E-state index in [1.54, 1.807) is 63.6 Å². The molecule has 0 radical (unpaired) electrons. The second-order valence-corrected chi connectivity index (χ2v) is 10.3. The zero-order chi connectivity index (χ0) is 26.6. The van der Waals surface area contributed by atoms with Crippen LogP contribution in [0.25, 0.3) is 10.9 Å². The first kappa shape index (κ1) is 27.0. The second kappa shape index (κ2) is 11.0. The minimum atomic E-state index is -1.19. The molecule has 3 rings (SSSR count). The molecule has 1 atom stereocenters. The number of rotatable bonds is 8. The number of carbonyl (C=O) groups is 1. The van der Waals surface area contributed by atoms with Gasteiger partial charge in [0.25, 0.3) is 5.91 Å². The van der Waals surface area contributed by atoms with Crippen LogP contribution in [-0.2, 0) is 22.0 Å². The van der Waals surface area contributed by atoms with Crippen molar-refractivity contribution in [1.82, 2.24) is 4.98 Å². The molecule has 0 saturated carbocycles. The zero-order valence-corrected chi connectivity index (χ0v) is 21.4. The number of pyridine rings is 1. The van der Waals surface area contributed by atoms with E-state index in [1.807, 2.05) is 0 Å². The summed E-state index contributed by atoms with van der Waals surface area (Å²) >= 11 is 0. The minimum Gasteiger partial charge on any atom is -0.456 e. The number of hydrogen-bond acceptors (Lipinski definition) is 6. The quantitative estimate of drug-likeness (QED) is 0.310. The minimum absolute atomic E-state index is 0.131. The molecule has 0 saturated heterocycles. The summed E-state index contributed by atoms with van der Waals surface area (Å²) in [6.07, 6.45) is 4.15. The summed E-state index contributed by atoms with van der Waals surface area (Å²) in [7, 11) is -1.19. The van der Waals surface area contributed by atoms with Gasteiger partial charge in [-0.1, -0.05) is 19.9 Å². The van der Waals surface area contributed by atoms with Gasteiger partial charge in [0.05, 0.1) is 18.5 Å². The molecule has 0 spiro atoms. The Morgan fingerprint density at radius 3 is 2.61 bits per heavy atom. The molecule has 0 aliphatic carbocycles. The third kappa shape index (κ3) is 6.13. The third-order valence-electron chi connectivity index (χ3n) is 5.72. The van der Waals surface area contributed by atoms with Crippen molar-refractivity contribution < 1.29 is 23.2 Å². The van der Waals surface area contributed by atoms with Crippen molar-refractivity contribution in [3.63, 3.8) is 0 Å². The SMILES string of the molecule is Cc1c(Oc2ccnc3ccc(S(C)=O)cc23)ccc(CC(=O)N=C(N)/C=C(\N)C(C)(C)CO)c1F. The number of aromatic nitrogens is 1. The summed E-state index contributed by atoms with van der Waals surface area (Å²) in [6, 6.07) is 9.89. The number of halogens is 1. The van der Waals surface area contributed by atoms with Crippen molar-refractivity contribution in [2.75, 3.05) is 12.9 Å². The standard InChI is InChI=1S/C26H29FN4O4S/c1-15-20(35-21-9-10-30-19-7-6-17(36(4)34)12-18(19)21)8-5-16(25(15)27)11-24(33)31-23(29)13-22(28)26(2,3)14-32/h5-10,12-13,32H,11,14,28H2,1-4H3,(H2,29,31,33)/b22-13-. The van der Waals surface area contributed by atoms with Gasteiger partial charge < -0.3 is 21.3 Å². The van der Waals surface area contributed by atoms with Crippen LogP contribution in [0.2, 0.25) is 0 Å². The fourth-order valence-electron chi connectivity index (χ4n) is 3.28. The number of nitrogens with two attached hydrogens (primary N) is 2. The van der Waals surface area contributed by atoms with E-state index in [4.69, 9.17) is 16.2 Å². The Morgan fingerprint density at radius 2 is 1.94 bits per heavy atom. The molecule has 1 heterocycles. The Morgan fingerprint density at radius 1 is 1.22 bits per heavy atom. The first-order valence-corrected chi connectivity index (χ1v) is 12.6. The summed E-state index contributed by atoms with van der Waals surface area (Å²) in [6.45, 7) is 4.78. The maximum Gasteiger partial charge on any atom is 0.252 e. The number of hydrogen-bond donors (Lipinski definition) is 3. The van der Waals surface area contributed by atoms with Crippen LogP contribution in [0, 0.1) is 18.2 Å². The number of aliphatic imine (C=N–C) groups is 1. The lowest BCUT2D eigenvalue weighted by Gasteiger charge is -2.21. The number of benzene rings is 2. The van der Waals surface area contributed by atoms with Gasteiger partial charge in [0.2, 0.25) is 0 Å². The van der Waals surface area contributed by atoms with Gasteiger partial charge in [0.1, 0.15) is 23.2 Å². The van der Waals surface area contributed by atoms with Crippen molar-refractivity contribution >= 4 is 33.4 Å². The monoisotopic (exact) mass is 512 g/mol. The lowest BCUT2D eigenvalue weighted by molar-refractivity contribution is -0.117. The topological polar surface area (TPSA) is 141 Å². The van der Waals surface area contributed by atoms with Crippen molar-refractivity contribution in [2.45, 2.75) is 32.1 Å². The van der Waals surface area contributed by atoms with E-state index in [0.717, 1.165) is 0 Å². The number of amides is 1. The van der Waals surface area contributed by atoms with Gasteiger partial charge >= 0.3 is 0 Å². The van der Waals surface area contributed by atoms with E-state index in [1.165, 1.54) is 12.1 Å². The largest absolute Gasteiger partial charge is 0.456 e. The van der Waals surface area contributed by atoms with Crippen LogP contribution in [0.1, 0.15) is 25.0 Å². The van der Waals surface area contributed by atoms with E-state index >= 15 is 4.39 Å². The molecule has 0 aliphatic rings. The molecule has 1 unspecified atom stereocenters. The molecule has 10 heteroatoms. The Bertz CT molecular complexity index is 1400. The summed E-state index contributed by atoms with van der Waals surface area (Å²) in [4.78, 5) is 21.1. The van der Waals surface area contributed by atoms with Crippen LogP contribution in [0.4, 0.5) is 4.39 Å². The van der Waals surface area contributed by atoms with E-state index in [-0.39, 0.29) is 41.4 Å². The maximum atomic E-state index is 15.1. The molecule has 2 aromatic carbocycles. The average molecular weight is 513 g/mol. The predicted molar refractivity (Wildman–Crippen MR) is 139 cm³/mol. The summed E-state index contributed by atoms with van der Waals surface area (Å²) in [5, 5.41) is 10.0. The van der Waals surface area contributed by atoms with Crippen molar-refractivity contribution in [1.29, 1.82) is 0 Å². The average Bonchev–Trinajstić information content (AvgIpc) is 2.83. The zero-order valence-electron chi connectivity index (χ0n) is 20.5. The van der Waals surface area contributed by atoms with Crippen LogP contribution in [0.15, 0.2) is 64.3 Å². The molecule has 8 nitrogen and oxygen atoms in total. The third-order valence-corrected chi connectivity index (χ3v) is 6.63. The second-order valence-electron chi connectivity index (χ2n) is 8.95. The molecule has 0 fully saturated rings. The highest BCUT2D eigenvalue weighted by Crippen LogP contribution is 2.33. The molecule has 36 heavy (non-hydrogen) atoms. The molecule has 1 aromatic heterocycles. The van der Waals surface area contributed by atoms with Crippen molar-refractivity contribution in [3.8, 4) is 11.5 Å². The van der Waals surface area contributed by atoms with Gasteiger partial charge in [0, 0.05) is 50.2 Å². The fraction of sp³-hybridized carbons (Fsp3) is 0.269. The highest BCUT2D eigenvalue weighted by Gasteiger charge is 2.20. The first-order chi connectivity index (χ1) is 16.9. The molecular formula is C26H29FN4O4S. The molecule has 5 N–H and O–H groups in total. The highest BCUT2D eigenvalue weighted by molar-refractivity contribution is 7.84. The predicted octanol–water partition coefficient (Wildman–Crippen LogP) is 3.50. The summed E-state index contributed by atoms with van der Waals surface area (Å²) < 4.78 is 33.0. The molecule has 190 valence electrons. The van der Waals surface area contributed by atoms with Gasteiger partial charge in [-0.15, -0.1) is 0 Å². The number of aliphatic hydroxyl groups excluding tert-OH is 1. The van der Waals surface area contributed by atoms with E-state index < -0.39 is 27.9 Å². The van der Waals surface area contributed by atoms with Crippen LogP contribution in [-0.4, -0.2) is 38.9 Å². The van der Waals surface area contributed by atoms with Crippen molar-refractivity contribution in [3.05, 3.63) is 71.3 Å². The van der Waals surface area contributed by atoms with Gasteiger partial charge in [-0.2, -0.15) is 4.99 Å². The molecule has 0 bridgehead atoms. The highest BCUT2D eigenvalue weighted by atomic mass is 32.2. The summed E-state index contributed by atoms with van der Waals surface area (Å²) in [5.41, 5.74) is 12.2. The first-order valence-electron chi connectivity index (χ1n) is 11.1. The lowest BCUT2D eigenvalue weighted by Crippen LogP contribution is -2.27. The summed E-state index contributed by atoms with van der Waals surface area (Å²) in [5.74, 6) is -0.672. The number of carbonyl (C=O) groups excluding carboxylic acids is 1. The van der Waals surface area contributed by atoms with E-state index in [2.05, 4.69) is 9.98 Å². The van der Waals surface area contributed by atoms with Gasteiger partial charge in [-0.3, -0.25) is 14.0 Å². The van der Waals surface area contributed by atoms with Gasteiger partial charge in [0.15, 0.2) is 0 Å². The smallest absolute Gasteiger partial charge is 0.252 e. The van der Waals surface area contributed by atoms with Gasteiger partial charge in [-0.05, 0) is 48.9 Å². The number of ether oxygens (including phenoxy) is 1. The van der Waals surface area contributed by atoms with E-state index in [0.29, 0.717) is 21.5 Å². The Kier molecular flexibility index (Phi) is 8.21. The Hall–Kier alpha value is -3.63. The lowest BCUT2D eigenvalue weighted by atomic mass is 9.90. The number of aliphatic hydroxyl groups is 1. The number of fused-ring (bicyclic) bond motifs is 1. The number of nitrogens with zero attached hydrogens (tertiary/aromatic N) is 2. The molecular weight excluding hydrogens is 483 g/mol. The normalized spacial score (nSPS) is 13.6. The Labute approximate surface area is 211 Å². The van der Waals surface area contributed by atoms with E-state index in [9.17, 15) is 14.1 Å². The molecule has 3 aromatic rings. The fourth-order valence-corrected chi connectivity index (χ4v) is 3.83. The maximum absolute atomic E-state index is 15.1. The van der Waals surface area contributed by atoms with Crippen molar-refractivity contribution in [2.24, 2.45) is 21.9 Å². The molecule has 0 aliphatic heterocycles. The van der Waals surface area contributed by atoms with Crippen LogP contribution >= 0.6 is 0 Å². The Balaban J connectivity index is 1.84. The number of amidine groups is 1. The van der Waals surface area contributed by atoms with Crippen LogP contribution < -0.4 is 16.2 Å². The van der Waals surface area contributed by atoms with Crippen LogP contribution in [0.5, 0.6) is 11.5 Å².